The Morgan fingerprint density at radius 2 is 1.79 bits per heavy atom. The average molecular weight is 571 g/mol. The maximum Gasteiger partial charge on any atom is 0.251 e. The number of halogens is 3. The zero-order chi connectivity index (χ0) is 24.1. The number of nitrogens with one attached hydrogen (secondary N) is 2. The zero-order valence-electron chi connectivity index (χ0n) is 18.1. The summed E-state index contributed by atoms with van der Waals surface area (Å²) in [7, 11) is 1.81. The number of benzene rings is 2. The van der Waals surface area contributed by atoms with Crippen LogP contribution in [0.15, 0.2) is 52.1 Å². The van der Waals surface area contributed by atoms with Crippen LogP contribution in [-0.4, -0.2) is 32.3 Å². The SMILES string of the molecule is CC(C)[C@@H](NC(=O)c1ccc(Cl)c(Cl)c1)c1nnc(SCC(=O)Nc2ccc(Br)cc2)n1C. The lowest BCUT2D eigenvalue weighted by atomic mass is 10.0. The fourth-order valence-electron chi connectivity index (χ4n) is 2.97. The Hall–Kier alpha value is -2.07. The smallest absolute Gasteiger partial charge is 0.251 e. The summed E-state index contributed by atoms with van der Waals surface area (Å²) in [5, 5.41) is 15.6. The molecule has 2 N–H and O–H groups in total. The zero-order valence-corrected chi connectivity index (χ0v) is 22.0. The minimum atomic E-state index is -0.393. The van der Waals surface area contributed by atoms with Gasteiger partial charge in [0.1, 0.15) is 0 Å². The third-order valence-electron chi connectivity index (χ3n) is 4.74. The van der Waals surface area contributed by atoms with Crippen molar-refractivity contribution in [3.05, 3.63) is 68.4 Å². The Morgan fingerprint density at radius 3 is 2.42 bits per heavy atom. The van der Waals surface area contributed by atoms with E-state index in [-0.39, 0.29) is 23.5 Å². The number of hydrogen-bond acceptors (Lipinski definition) is 5. The van der Waals surface area contributed by atoms with Gasteiger partial charge in [-0.1, -0.05) is 64.7 Å². The lowest BCUT2D eigenvalue weighted by Crippen LogP contribution is -2.33. The lowest BCUT2D eigenvalue weighted by molar-refractivity contribution is -0.113. The summed E-state index contributed by atoms with van der Waals surface area (Å²) >= 11 is 16.6. The van der Waals surface area contributed by atoms with Crippen LogP contribution >= 0.6 is 50.9 Å². The summed E-state index contributed by atoms with van der Waals surface area (Å²) in [5.41, 5.74) is 1.11. The number of carbonyl (C=O) groups excluding carboxylic acids is 2. The summed E-state index contributed by atoms with van der Waals surface area (Å²) in [6, 6.07) is 11.7. The maximum absolute atomic E-state index is 12.8. The molecule has 3 rings (SSSR count). The molecule has 3 aromatic rings. The van der Waals surface area contributed by atoms with Gasteiger partial charge in [-0.3, -0.25) is 9.59 Å². The highest BCUT2D eigenvalue weighted by Gasteiger charge is 2.25. The molecule has 1 atom stereocenters. The van der Waals surface area contributed by atoms with Gasteiger partial charge in [0.15, 0.2) is 11.0 Å². The van der Waals surface area contributed by atoms with Gasteiger partial charge in [0.25, 0.3) is 5.91 Å². The molecule has 2 amide bonds. The molecule has 0 fully saturated rings. The maximum atomic E-state index is 12.8. The van der Waals surface area contributed by atoms with Crippen LogP contribution in [0.5, 0.6) is 0 Å². The number of hydrogen-bond donors (Lipinski definition) is 2. The van der Waals surface area contributed by atoms with Crippen molar-refractivity contribution in [1.82, 2.24) is 20.1 Å². The van der Waals surface area contributed by atoms with E-state index in [0.29, 0.717) is 32.3 Å². The molecule has 0 spiro atoms. The summed E-state index contributed by atoms with van der Waals surface area (Å²) in [6.45, 7) is 3.96. The lowest BCUT2D eigenvalue weighted by Gasteiger charge is -2.22. The number of rotatable bonds is 8. The molecule has 0 aliphatic carbocycles. The van der Waals surface area contributed by atoms with Crippen LogP contribution in [0, 0.1) is 5.92 Å². The molecule has 0 bridgehead atoms. The van der Waals surface area contributed by atoms with Gasteiger partial charge >= 0.3 is 0 Å². The highest BCUT2D eigenvalue weighted by molar-refractivity contribution is 9.10. The fraction of sp³-hybridized carbons (Fsp3) is 0.273. The normalized spacial score (nSPS) is 12.0. The van der Waals surface area contributed by atoms with E-state index in [1.165, 1.54) is 17.8 Å². The van der Waals surface area contributed by atoms with Crippen LogP contribution in [0.3, 0.4) is 0 Å². The van der Waals surface area contributed by atoms with Crippen molar-refractivity contribution in [3.8, 4) is 0 Å². The molecule has 1 heterocycles. The van der Waals surface area contributed by atoms with Crippen LogP contribution in [0.1, 0.15) is 36.1 Å². The Morgan fingerprint density at radius 1 is 1.09 bits per heavy atom. The quantitative estimate of drug-likeness (QED) is 0.337. The van der Waals surface area contributed by atoms with Crippen molar-refractivity contribution in [2.24, 2.45) is 13.0 Å². The second kappa shape index (κ2) is 11.4. The monoisotopic (exact) mass is 569 g/mol. The van der Waals surface area contributed by atoms with E-state index in [4.69, 9.17) is 23.2 Å². The molecule has 0 saturated heterocycles. The van der Waals surface area contributed by atoms with E-state index in [1.807, 2.05) is 45.2 Å². The molecule has 33 heavy (non-hydrogen) atoms. The number of nitrogens with zero attached hydrogens (tertiary/aromatic N) is 3. The average Bonchev–Trinajstić information content (AvgIpc) is 3.13. The van der Waals surface area contributed by atoms with E-state index in [1.54, 1.807) is 16.7 Å². The number of aromatic nitrogens is 3. The standard InChI is InChI=1S/C22H22BrCl2N5O2S/c1-12(2)19(27-21(32)13-4-9-16(24)17(25)10-13)20-28-29-22(30(20)3)33-11-18(31)26-15-7-5-14(23)6-8-15/h4-10,12,19H,11H2,1-3H3,(H,26,31)(H,27,32)/t19-/m1/s1. The van der Waals surface area contributed by atoms with Crippen molar-refractivity contribution in [2.75, 3.05) is 11.1 Å². The van der Waals surface area contributed by atoms with E-state index in [0.717, 1.165) is 4.47 Å². The van der Waals surface area contributed by atoms with Crippen molar-refractivity contribution >= 4 is 68.4 Å². The summed E-state index contributed by atoms with van der Waals surface area (Å²) in [5.74, 6) is 0.357. The fourth-order valence-corrected chi connectivity index (χ4v) is 4.25. The molecule has 1 aromatic heterocycles. The first kappa shape index (κ1) is 25.6. The minimum absolute atomic E-state index is 0.0400. The topological polar surface area (TPSA) is 88.9 Å². The number of carbonyl (C=O) groups is 2. The molecule has 0 unspecified atom stereocenters. The second-order valence-electron chi connectivity index (χ2n) is 7.57. The van der Waals surface area contributed by atoms with Gasteiger partial charge in [-0.05, 0) is 48.4 Å². The number of anilines is 1. The Labute approximate surface area is 214 Å². The predicted octanol–water partition coefficient (Wildman–Crippen LogP) is 5.74. The van der Waals surface area contributed by atoms with Crippen molar-refractivity contribution < 1.29 is 9.59 Å². The molecule has 0 radical (unpaired) electrons. The molecular formula is C22H22BrCl2N5O2S. The van der Waals surface area contributed by atoms with Crippen molar-refractivity contribution in [2.45, 2.75) is 25.0 Å². The molecule has 7 nitrogen and oxygen atoms in total. The van der Waals surface area contributed by atoms with Gasteiger partial charge in [-0.2, -0.15) is 0 Å². The molecular weight excluding hydrogens is 549 g/mol. The largest absolute Gasteiger partial charge is 0.342 e. The van der Waals surface area contributed by atoms with Crippen LogP contribution in [0.2, 0.25) is 10.0 Å². The summed E-state index contributed by atoms with van der Waals surface area (Å²) < 4.78 is 2.73. The third-order valence-corrected chi connectivity index (χ3v) is 7.03. The first-order chi connectivity index (χ1) is 15.7. The molecule has 11 heteroatoms. The Bertz CT molecular complexity index is 1150. The van der Waals surface area contributed by atoms with E-state index >= 15 is 0 Å². The molecule has 2 aromatic carbocycles. The van der Waals surface area contributed by atoms with Crippen LogP contribution in [-0.2, 0) is 11.8 Å². The van der Waals surface area contributed by atoms with Crippen molar-refractivity contribution in [3.63, 3.8) is 0 Å². The molecule has 0 saturated carbocycles. The summed E-state index contributed by atoms with van der Waals surface area (Å²) in [4.78, 5) is 25.1. The van der Waals surface area contributed by atoms with Gasteiger partial charge in [-0.25, -0.2) is 0 Å². The minimum Gasteiger partial charge on any atom is -0.342 e. The highest BCUT2D eigenvalue weighted by atomic mass is 79.9. The van der Waals surface area contributed by atoms with Gasteiger partial charge in [-0.15, -0.1) is 10.2 Å². The molecule has 174 valence electrons. The Balaban J connectivity index is 1.67. The van der Waals surface area contributed by atoms with E-state index in [2.05, 4.69) is 36.8 Å². The van der Waals surface area contributed by atoms with Crippen molar-refractivity contribution in [1.29, 1.82) is 0 Å². The van der Waals surface area contributed by atoms with Crippen LogP contribution in [0.4, 0.5) is 5.69 Å². The molecule has 0 aliphatic heterocycles. The molecule has 0 aliphatic rings. The summed E-state index contributed by atoms with van der Waals surface area (Å²) in [6.07, 6.45) is 0. The predicted molar refractivity (Wildman–Crippen MR) is 136 cm³/mol. The number of amides is 2. The second-order valence-corrected chi connectivity index (χ2v) is 10.2. The Kier molecular flexibility index (Phi) is 8.81. The van der Waals surface area contributed by atoms with Crippen LogP contribution < -0.4 is 10.6 Å². The van der Waals surface area contributed by atoms with Gasteiger partial charge in [0.2, 0.25) is 5.91 Å². The first-order valence-electron chi connectivity index (χ1n) is 9.99. The highest BCUT2D eigenvalue weighted by Crippen LogP contribution is 2.26. The third kappa shape index (κ3) is 6.72. The van der Waals surface area contributed by atoms with Gasteiger partial charge in [0.05, 0.1) is 21.8 Å². The van der Waals surface area contributed by atoms with Crippen LogP contribution in [0.25, 0.3) is 0 Å². The van der Waals surface area contributed by atoms with Gasteiger partial charge in [0, 0.05) is 22.8 Å². The van der Waals surface area contributed by atoms with Gasteiger partial charge < -0.3 is 15.2 Å². The van der Waals surface area contributed by atoms with E-state index in [9.17, 15) is 9.59 Å². The van der Waals surface area contributed by atoms with E-state index < -0.39 is 6.04 Å². The number of thioether (sulfide) groups is 1. The first-order valence-corrected chi connectivity index (χ1v) is 12.5.